The van der Waals surface area contributed by atoms with Crippen LogP contribution in [-0.4, -0.2) is 29.0 Å². The van der Waals surface area contributed by atoms with Gasteiger partial charge in [0.25, 0.3) is 0 Å². The highest BCUT2D eigenvalue weighted by atomic mass is 16.3. The molecule has 0 aliphatic rings. The highest BCUT2D eigenvalue weighted by Gasteiger charge is 2.18. The van der Waals surface area contributed by atoms with Crippen LogP contribution in [0.25, 0.3) is 0 Å². The molecule has 4 N–H and O–H groups in total. The number of nitrogens with two attached hydrogens (primary N) is 1. The van der Waals surface area contributed by atoms with Gasteiger partial charge in [0.15, 0.2) is 0 Å². The lowest BCUT2D eigenvalue weighted by Gasteiger charge is -2.24. The summed E-state index contributed by atoms with van der Waals surface area (Å²) in [6.45, 7) is 8.72. The number of hydrogen-bond acceptors (Lipinski definition) is 3. The van der Waals surface area contributed by atoms with Crippen LogP contribution in [0.1, 0.15) is 47.0 Å². The van der Waals surface area contributed by atoms with Crippen molar-refractivity contribution in [2.24, 2.45) is 17.1 Å². The average molecular weight is 217 g/mol. The van der Waals surface area contributed by atoms with Crippen LogP contribution in [0.15, 0.2) is 0 Å². The summed E-state index contributed by atoms with van der Waals surface area (Å²) < 4.78 is 0. The average Bonchev–Trinajstić information content (AvgIpc) is 2.10. The summed E-state index contributed by atoms with van der Waals surface area (Å²) in [6.07, 6.45) is 2.22. The van der Waals surface area contributed by atoms with E-state index in [2.05, 4.69) is 27.7 Å². The molecule has 92 valence electrons. The van der Waals surface area contributed by atoms with E-state index in [1.165, 1.54) is 0 Å². The highest BCUT2D eigenvalue weighted by Crippen LogP contribution is 2.27. The molecule has 0 fully saturated rings. The second kappa shape index (κ2) is 6.46. The number of rotatable bonds is 6. The second-order valence-electron chi connectivity index (χ2n) is 5.86. The Morgan fingerprint density at radius 3 is 2.13 bits per heavy atom. The number of aliphatic hydroxyl groups is 2. The van der Waals surface area contributed by atoms with E-state index in [1.54, 1.807) is 0 Å². The minimum atomic E-state index is -0.572. The lowest BCUT2D eigenvalue weighted by molar-refractivity contribution is 0.0936. The van der Waals surface area contributed by atoms with Gasteiger partial charge in [0.1, 0.15) is 0 Å². The van der Waals surface area contributed by atoms with Crippen LogP contribution in [0.3, 0.4) is 0 Å². The van der Waals surface area contributed by atoms with Crippen molar-refractivity contribution < 1.29 is 10.2 Å². The smallest absolute Gasteiger partial charge is 0.0713 e. The van der Waals surface area contributed by atoms with Gasteiger partial charge in [-0.2, -0.15) is 0 Å². The predicted molar refractivity (Wildman–Crippen MR) is 63.5 cm³/mol. The molecule has 3 atom stereocenters. The molecule has 0 heterocycles. The molecule has 0 aliphatic heterocycles. The Balaban J connectivity index is 3.76. The summed E-state index contributed by atoms with van der Waals surface area (Å²) in [5, 5.41) is 18.4. The molecule has 0 amide bonds. The standard InChI is InChI=1S/C12H27NO2/c1-9(7-12(2,3)4)5-6-11(15)10(13)8-14/h9-11,14-15H,5-8,13H2,1-4H3. The first-order valence-corrected chi connectivity index (χ1v) is 5.80. The SMILES string of the molecule is CC(CCC(O)C(N)CO)CC(C)(C)C. The fourth-order valence-corrected chi connectivity index (χ4v) is 1.94. The Morgan fingerprint density at radius 1 is 1.20 bits per heavy atom. The van der Waals surface area contributed by atoms with E-state index in [0.717, 1.165) is 12.8 Å². The normalized spacial score (nSPS) is 18.6. The van der Waals surface area contributed by atoms with E-state index in [-0.39, 0.29) is 6.61 Å². The van der Waals surface area contributed by atoms with Crippen LogP contribution in [0, 0.1) is 11.3 Å². The van der Waals surface area contributed by atoms with Gasteiger partial charge < -0.3 is 15.9 Å². The zero-order valence-corrected chi connectivity index (χ0v) is 10.5. The topological polar surface area (TPSA) is 66.5 Å². The molecule has 3 heteroatoms. The Kier molecular flexibility index (Phi) is 6.41. The molecular formula is C12H27NO2. The first kappa shape index (κ1) is 14.9. The van der Waals surface area contributed by atoms with Gasteiger partial charge in [-0.25, -0.2) is 0 Å². The molecule has 0 radical (unpaired) electrons. The van der Waals surface area contributed by atoms with Crippen molar-refractivity contribution in [3.63, 3.8) is 0 Å². The summed E-state index contributed by atoms with van der Waals surface area (Å²) in [6, 6.07) is -0.494. The van der Waals surface area contributed by atoms with E-state index < -0.39 is 12.1 Å². The van der Waals surface area contributed by atoms with Crippen molar-refractivity contribution in [2.75, 3.05) is 6.61 Å². The van der Waals surface area contributed by atoms with Crippen molar-refractivity contribution in [2.45, 2.75) is 59.1 Å². The molecule has 0 aromatic heterocycles. The summed E-state index contributed by atoms with van der Waals surface area (Å²) in [5.41, 5.74) is 5.87. The summed E-state index contributed by atoms with van der Waals surface area (Å²) >= 11 is 0. The molecule has 3 nitrogen and oxygen atoms in total. The van der Waals surface area contributed by atoms with Gasteiger partial charge in [0.05, 0.1) is 18.8 Å². The monoisotopic (exact) mass is 217 g/mol. The molecule has 0 aromatic rings. The van der Waals surface area contributed by atoms with Crippen LogP contribution >= 0.6 is 0 Å². The Morgan fingerprint density at radius 2 is 1.73 bits per heavy atom. The van der Waals surface area contributed by atoms with E-state index in [9.17, 15) is 5.11 Å². The number of aliphatic hydroxyl groups excluding tert-OH is 2. The van der Waals surface area contributed by atoms with Crippen molar-refractivity contribution in [1.82, 2.24) is 0 Å². The van der Waals surface area contributed by atoms with Crippen LogP contribution in [0.4, 0.5) is 0 Å². The fraction of sp³-hybridized carbons (Fsp3) is 1.00. The third-order valence-corrected chi connectivity index (χ3v) is 2.62. The summed E-state index contributed by atoms with van der Waals surface area (Å²) in [4.78, 5) is 0. The molecule has 0 bridgehead atoms. The van der Waals surface area contributed by atoms with E-state index in [1.807, 2.05) is 0 Å². The molecule has 0 saturated heterocycles. The zero-order chi connectivity index (χ0) is 12.1. The van der Waals surface area contributed by atoms with Gasteiger partial charge >= 0.3 is 0 Å². The lowest BCUT2D eigenvalue weighted by Crippen LogP contribution is -2.38. The molecule has 0 spiro atoms. The molecule has 3 unspecified atom stereocenters. The summed E-state index contributed by atoms with van der Waals surface area (Å²) in [7, 11) is 0. The Labute approximate surface area is 93.7 Å². The van der Waals surface area contributed by atoms with Crippen LogP contribution in [0.5, 0.6) is 0 Å². The zero-order valence-electron chi connectivity index (χ0n) is 10.5. The van der Waals surface area contributed by atoms with E-state index >= 15 is 0 Å². The van der Waals surface area contributed by atoms with Crippen molar-refractivity contribution in [3.8, 4) is 0 Å². The maximum atomic E-state index is 9.58. The van der Waals surface area contributed by atoms with Crippen LogP contribution < -0.4 is 5.73 Å². The maximum absolute atomic E-state index is 9.58. The van der Waals surface area contributed by atoms with Crippen molar-refractivity contribution >= 4 is 0 Å². The lowest BCUT2D eigenvalue weighted by atomic mass is 9.83. The largest absolute Gasteiger partial charge is 0.395 e. The summed E-state index contributed by atoms with van der Waals surface area (Å²) in [5.74, 6) is 0.588. The van der Waals surface area contributed by atoms with Gasteiger partial charge in [-0.1, -0.05) is 27.7 Å². The van der Waals surface area contributed by atoms with Gasteiger partial charge in [-0.3, -0.25) is 0 Å². The maximum Gasteiger partial charge on any atom is 0.0713 e. The first-order valence-electron chi connectivity index (χ1n) is 5.80. The Bertz CT molecular complexity index is 165. The minimum Gasteiger partial charge on any atom is -0.395 e. The molecule has 0 aliphatic carbocycles. The first-order chi connectivity index (χ1) is 6.76. The molecule has 0 rings (SSSR count). The predicted octanol–water partition coefficient (Wildman–Crippen LogP) is 1.52. The third-order valence-electron chi connectivity index (χ3n) is 2.62. The van der Waals surface area contributed by atoms with Gasteiger partial charge in [-0.15, -0.1) is 0 Å². The van der Waals surface area contributed by atoms with Gasteiger partial charge in [0, 0.05) is 0 Å². The molecule has 0 saturated carbocycles. The van der Waals surface area contributed by atoms with E-state index in [4.69, 9.17) is 10.8 Å². The van der Waals surface area contributed by atoms with E-state index in [0.29, 0.717) is 17.8 Å². The van der Waals surface area contributed by atoms with Crippen molar-refractivity contribution in [3.05, 3.63) is 0 Å². The highest BCUT2D eigenvalue weighted by molar-refractivity contribution is 4.73. The van der Waals surface area contributed by atoms with Gasteiger partial charge in [0.2, 0.25) is 0 Å². The molecule has 0 aromatic carbocycles. The Hall–Kier alpha value is -0.120. The second-order valence-corrected chi connectivity index (χ2v) is 5.86. The third kappa shape index (κ3) is 7.77. The van der Waals surface area contributed by atoms with Crippen molar-refractivity contribution in [1.29, 1.82) is 0 Å². The molecule has 15 heavy (non-hydrogen) atoms. The minimum absolute atomic E-state index is 0.144. The van der Waals surface area contributed by atoms with Crippen LogP contribution in [0.2, 0.25) is 0 Å². The number of hydrogen-bond donors (Lipinski definition) is 3. The van der Waals surface area contributed by atoms with Gasteiger partial charge in [-0.05, 0) is 30.6 Å². The van der Waals surface area contributed by atoms with Crippen LogP contribution in [-0.2, 0) is 0 Å². The fourth-order valence-electron chi connectivity index (χ4n) is 1.94. The molecular weight excluding hydrogens is 190 g/mol. The quantitative estimate of drug-likeness (QED) is 0.632.